The van der Waals surface area contributed by atoms with E-state index >= 15 is 0 Å². The number of amides is 3. The van der Waals surface area contributed by atoms with Crippen LogP contribution in [0.4, 0.5) is 10.5 Å². The van der Waals surface area contributed by atoms with Gasteiger partial charge in [-0.25, -0.2) is 4.79 Å². The molecule has 3 aromatic carbocycles. The molecule has 1 N–H and O–H groups in total. The number of hydrogen-bond acceptors (Lipinski definition) is 5. The molecule has 3 amide bonds. The number of carbonyl (C=O) groups is 2. The van der Waals surface area contributed by atoms with Gasteiger partial charge in [-0.1, -0.05) is 48.5 Å². The third-order valence-electron chi connectivity index (χ3n) is 4.91. The summed E-state index contributed by atoms with van der Waals surface area (Å²) in [7, 11) is 0. The summed E-state index contributed by atoms with van der Waals surface area (Å²) in [4.78, 5) is 36.6. The number of non-ortho nitro benzene ring substituents is 1. The van der Waals surface area contributed by atoms with E-state index in [0.29, 0.717) is 11.3 Å². The van der Waals surface area contributed by atoms with Gasteiger partial charge in [-0.05, 0) is 35.4 Å². The fourth-order valence-corrected chi connectivity index (χ4v) is 3.24. The minimum absolute atomic E-state index is 0.00873. The number of rotatable bonds is 7. The highest BCUT2D eigenvalue weighted by Gasteiger charge is 2.33. The minimum atomic E-state index is -0.477. The number of ether oxygens (including phenoxy) is 1. The molecule has 0 bridgehead atoms. The van der Waals surface area contributed by atoms with Crippen LogP contribution in [0.25, 0.3) is 6.08 Å². The molecule has 1 saturated heterocycles. The van der Waals surface area contributed by atoms with Crippen LogP contribution in [-0.4, -0.2) is 21.8 Å². The topological polar surface area (TPSA) is 102 Å². The molecular weight excluding hydrogens is 410 g/mol. The van der Waals surface area contributed by atoms with E-state index in [9.17, 15) is 19.7 Å². The summed E-state index contributed by atoms with van der Waals surface area (Å²) in [6.07, 6.45) is 1.58. The van der Waals surface area contributed by atoms with Crippen molar-refractivity contribution in [1.82, 2.24) is 10.2 Å². The van der Waals surface area contributed by atoms with Crippen molar-refractivity contribution < 1.29 is 19.2 Å². The lowest BCUT2D eigenvalue weighted by atomic mass is 10.1. The summed E-state index contributed by atoms with van der Waals surface area (Å²) < 4.78 is 5.87. The van der Waals surface area contributed by atoms with E-state index in [-0.39, 0.29) is 24.5 Å². The maximum absolute atomic E-state index is 12.8. The molecule has 0 saturated carbocycles. The molecule has 1 aliphatic rings. The Bertz CT molecular complexity index is 1190. The first kappa shape index (κ1) is 20.8. The van der Waals surface area contributed by atoms with E-state index in [0.717, 1.165) is 16.0 Å². The zero-order valence-corrected chi connectivity index (χ0v) is 16.9. The average molecular weight is 429 g/mol. The Morgan fingerprint density at radius 2 is 1.59 bits per heavy atom. The fraction of sp³-hybridized carbons (Fsp3) is 0.0833. The van der Waals surface area contributed by atoms with Crippen LogP contribution in [0.1, 0.15) is 16.7 Å². The summed E-state index contributed by atoms with van der Waals surface area (Å²) >= 11 is 0. The Morgan fingerprint density at radius 3 is 2.31 bits per heavy atom. The standard InChI is InChI=1S/C24H19N3O5/c28-23-21(25-24(29)26(23)15-17-6-2-1-3-7-17)14-19-8-4-5-9-22(19)32-16-18-10-12-20(13-11-18)27(30)31/h1-14H,15-16H2,(H,25,29)/b21-14-. The Labute approximate surface area is 183 Å². The van der Waals surface area contributed by atoms with Crippen molar-refractivity contribution in [2.24, 2.45) is 0 Å². The fourth-order valence-electron chi connectivity index (χ4n) is 3.24. The normalized spacial score (nSPS) is 14.5. The van der Waals surface area contributed by atoms with Gasteiger partial charge in [-0.15, -0.1) is 0 Å². The molecular formula is C24H19N3O5. The van der Waals surface area contributed by atoms with Crippen LogP contribution in [0.2, 0.25) is 0 Å². The second-order valence-electron chi connectivity index (χ2n) is 7.12. The highest BCUT2D eigenvalue weighted by Crippen LogP contribution is 2.24. The van der Waals surface area contributed by atoms with Gasteiger partial charge in [0.15, 0.2) is 0 Å². The Balaban J connectivity index is 1.49. The van der Waals surface area contributed by atoms with Crippen molar-refractivity contribution in [1.29, 1.82) is 0 Å². The maximum Gasteiger partial charge on any atom is 0.329 e. The molecule has 8 heteroatoms. The molecule has 1 fully saturated rings. The first-order valence-electron chi connectivity index (χ1n) is 9.85. The van der Waals surface area contributed by atoms with Crippen LogP contribution in [0.3, 0.4) is 0 Å². The van der Waals surface area contributed by atoms with E-state index in [1.54, 1.807) is 42.5 Å². The van der Waals surface area contributed by atoms with E-state index in [1.807, 2.05) is 30.3 Å². The second kappa shape index (κ2) is 9.13. The van der Waals surface area contributed by atoms with Crippen LogP contribution in [0, 0.1) is 10.1 Å². The Morgan fingerprint density at radius 1 is 0.906 bits per heavy atom. The van der Waals surface area contributed by atoms with Crippen molar-refractivity contribution in [3.05, 3.63) is 111 Å². The minimum Gasteiger partial charge on any atom is -0.488 e. The number of imide groups is 1. The smallest absolute Gasteiger partial charge is 0.329 e. The number of nitro benzene ring substituents is 1. The molecule has 8 nitrogen and oxygen atoms in total. The number of hydrogen-bond donors (Lipinski definition) is 1. The number of nitrogens with zero attached hydrogens (tertiary/aromatic N) is 2. The van der Waals surface area contributed by atoms with Gasteiger partial charge < -0.3 is 10.1 Å². The van der Waals surface area contributed by atoms with Crippen LogP contribution < -0.4 is 10.1 Å². The van der Waals surface area contributed by atoms with Gasteiger partial charge in [0.2, 0.25) is 0 Å². The van der Waals surface area contributed by atoms with Crippen molar-refractivity contribution in [2.75, 3.05) is 0 Å². The molecule has 0 spiro atoms. The van der Waals surface area contributed by atoms with E-state index in [1.165, 1.54) is 12.1 Å². The monoisotopic (exact) mass is 429 g/mol. The number of nitrogens with one attached hydrogen (secondary N) is 1. The van der Waals surface area contributed by atoms with Crippen molar-refractivity contribution >= 4 is 23.7 Å². The van der Waals surface area contributed by atoms with Crippen molar-refractivity contribution in [3.8, 4) is 5.75 Å². The lowest BCUT2D eigenvalue weighted by molar-refractivity contribution is -0.384. The van der Waals surface area contributed by atoms with Gasteiger partial charge in [0, 0.05) is 17.7 Å². The number of benzene rings is 3. The summed E-state index contributed by atoms with van der Waals surface area (Å²) in [5.74, 6) is 0.103. The lowest BCUT2D eigenvalue weighted by Gasteiger charge is -2.11. The van der Waals surface area contributed by atoms with E-state index < -0.39 is 16.9 Å². The molecule has 1 heterocycles. The summed E-state index contributed by atoms with van der Waals surface area (Å²) in [6.45, 7) is 0.375. The molecule has 0 unspecified atom stereocenters. The zero-order valence-electron chi connectivity index (χ0n) is 16.9. The third kappa shape index (κ3) is 4.65. The van der Waals surface area contributed by atoms with Gasteiger partial charge in [0.1, 0.15) is 18.1 Å². The number of nitro groups is 1. The second-order valence-corrected chi connectivity index (χ2v) is 7.12. The SMILES string of the molecule is O=C1N/C(=C\c2ccccc2OCc2ccc([N+](=O)[O-])cc2)C(=O)N1Cc1ccccc1. The molecule has 4 rings (SSSR count). The lowest BCUT2D eigenvalue weighted by Crippen LogP contribution is -2.30. The molecule has 160 valence electrons. The summed E-state index contributed by atoms with van der Waals surface area (Å²) in [6, 6.07) is 22.0. The van der Waals surface area contributed by atoms with Gasteiger partial charge in [-0.2, -0.15) is 0 Å². The molecule has 0 aromatic heterocycles. The predicted molar refractivity (Wildman–Crippen MR) is 117 cm³/mol. The van der Waals surface area contributed by atoms with Crippen LogP contribution in [-0.2, 0) is 17.9 Å². The molecule has 0 aliphatic carbocycles. The first-order valence-corrected chi connectivity index (χ1v) is 9.85. The van der Waals surface area contributed by atoms with E-state index in [2.05, 4.69) is 5.32 Å². The van der Waals surface area contributed by atoms with Crippen molar-refractivity contribution in [2.45, 2.75) is 13.2 Å². The van der Waals surface area contributed by atoms with Crippen LogP contribution in [0.5, 0.6) is 5.75 Å². The van der Waals surface area contributed by atoms with Gasteiger partial charge in [-0.3, -0.25) is 19.8 Å². The van der Waals surface area contributed by atoms with Gasteiger partial charge in [0.05, 0.1) is 11.5 Å². The average Bonchev–Trinajstić information content (AvgIpc) is 3.07. The third-order valence-corrected chi connectivity index (χ3v) is 4.91. The van der Waals surface area contributed by atoms with Crippen molar-refractivity contribution in [3.63, 3.8) is 0 Å². The molecule has 0 atom stereocenters. The number of para-hydroxylation sites is 1. The molecule has 32 heavy (non-hydrogen) atoms. The Hall–Kier alpha value is -4.46. The van der Waals surface area contributed by atoms with Crippen LogP contribution >= 0.6 is 0 Å². The van der Waals surface area contributed by atoms with E-state index in [4.69, 9.17) is 4.74 Å². The van der Waals surface area contributed by atoms with Gasteiger partial charge >= 0.3 is 6.03 Å². The highest BCUT2D eigenvalue weighted by atomic mass is 16.6. The predicted octanol–water partition coefficient (Wildman–Crippen LogP) is 4.27. The molecule has 3 aromatic rings. The quantitative estimate of drug-likeness (QED) is 0.262. The number of urea groups is 1. The summed E-state index contributed by atoms with van der Waals surface area (Å²) in [5.41, 5.74) is 2.41. The molecule has 1 aliphatic heterocycles. The Kier molecular flexibility index (Phi) is 5.94. The summed E-state index contributed by atoms with van der Waals surface area (Å²) in [5, 5.41) is 13.4. The molecule has 0 radical (unpaired) electrons. The zero-order chi connectivity index (χ0) is 22.5. The van der Waals surface area contributed by atoms with Crippen LogP contribution in [0.15, 0.2) is 84.6 Å². The van der Waals surface area contributed by atoms with Gasteiger partial charge in [0.25, 0.3) is 11.6 Å². The number of carbonyl (C=O) groups excluding carboxylic acids is 2. The first-order chi connectivity index (χ1) is 15.5. The maximum atomic E-state index is 12.8. The highest BCUT2D eigenvalue weighted by molar-refractivity contribution is 6.14. The largest absolute Gasteiger partial charge is 0.488 e.